The van der Waals surface area contributed by atoms with Gasteiger partial charge in [-0.2, -0.15) is 0 Å². The van der Waals surface area contributed by atoms with Gasteiger partial charge in [0.2, 0.25) is 0 Å². The lowest BCUT2D eigenvalue weighted by Gasteiger charge is -2.25. The van der Waals surface area contributed by atoms with Gasteiger partial charge in [-0.05, 0) is 30.1 Å². The van der Waals surface area contributed by atoms with Gasteiger partial charge < -0.3 is 0 Å². The van der Waals surface area contributed by atoms with Crippen LogP contribution in [-0.4, -0.2) is 21.2 Å². The maximum atomic E-state index is 12.1. The van der Waals surface area contributed by atoms with Crippen molar-refractivity contribution in [2.75, 3.05) is 0 Å². The second-order valence-corrected chi connectivity index (χ2v) is 7.35. The van der Waals surface area contributed by atoms with Gasteiger partial charge in [0.15, 0.2) is 11.6 Å². The molecular weight excluding hydrogens is 324 g/mol. The molecule has 4 heteroatoms. The largest absolute Gasteiger partial charge is 0.298 e. The van der Waals surface area contributed by atoms with Gasteiger partial charge in [-0.1, -0.05) is 31.9 Å². The first-order valence-electron chi connectivity index (χ1n) is 5.48. The van der Waals surface area contributed by atoms with Crippen LogP contribution in [0.4, 0.5) is 0 Å². The lowest BCUT2D eigenvalue weighted by molar-refractivity contribution is -0.128. The van der Waals surface area contributed by atoms with E-state index in [1.54, 1.807) is 0 Å². The third kappa shape index (κ3) is 0.791. The van der Waals surface area contributed by atoms with Gasteiger partial charge in [-0.25, -0.2) is 0 Å². The summed E-state index contributed by atoms with van der Waals surface area (Å²) in [6.07, 6.45) is 1.12. The van der Waals surface area contributed by atoms with Crippen molar-refractivity contribution in [3.8, 4) is 0 Å². The molecule has 4 aliphatic rings. The highest BCUT2D eigenvalue weighted by molar-refractivity contribution is 9.10. The minimum Gasteiger partial charge on any atom is -0.298 e. The van der Waals surface area contributed by atoms with Crippen molar-refractivity contribution >= 4 is 43.4 Å². The molecule has 0 saturated heterocycles. The molecule has 80 valence electrons. The summed E-state index contributed by atoms with van der Waals surface area (Å²) in [5.41, 5.74) is 0. The van der Waals surface area contributed by atoms with Gasteiger partial charge in [-0.3, -0.25) is 9.59 Å². The second-order valence-electron chi connectivity index (χ2n) is 5.38. The van der Waals surface area contributed by atoms with Crippen molar-refractivity contribution in [3.05, 3.63) is 0 Å². The van der Waals surface area contributed by atoms with Crippen molar-refractivity contribution in [1.82, 2.24) is 0 Å². The highest BCUT2D eigenvalue weighted by atomic mass is 79.9. The molecule has 0 aromatic rings. The third-order valence-corrected chi connectivity index (χ3v) is 7.29. The lowest BCUT2D eigenvalue weighted by Crippen LogP contribution is -2.29. The standard InChI is InChI=1S/C11H10Br2O2/c12-8-4-2-1-3-5(4)9(13)11(15)7(3)6(2)10(8)14/h2-9H,1H2/t2?,3?,4?,5?,6?,7?,8-,9-/m1/s1. The molecule has 0 spiro atoms. The maximum Gasteiger partial charge on any atom is 0.150 e. The highest BCUT2D eigenvalue weighted by Crippen LogP contribution is 2.70. The number of carbonyl (C=O) groups is 2. The molecule has 6 unspecified atom stereocenters. The Labute approximate surface area is 104 Å². The van der Waals surface area contributed by atoms with Gasteiger partial charge in [0.25, 0.3) is 0 Å². The van der Waals surface area contributed by atoms with Crippen LogP contribution in [0.5, 0.6) is 0 Å². The predicted octanol–water partition coefficient (Wildman–Crippen LogP) is 1.79. The minimum absolute atomic E-state index is 0.0284. The number of rotatable bonds is 0. The number of fused-ring (bicyclic) bond motifs is 2. The summed E-state index contributed by atoms with van der Waals surface area (Å²) in [5, 5.41) is 0. The lowest BCUT2D eigenvalue weighted by atomic mass is 9.79. The van der Waals surface area contributed by atoms with Crippen LogP contribution in [0.3, 0.4) is 0 Å². The van der Waals surface area contributed by atoms with Gasteiger partial charge in [0.05, 0.1) is 9.65 Å². The predicted molar refractivity (Wildman–Crippen MR) is 61.0 cm³/mol. The average Bonchev–Trinajstić information content (AvgIpc) is 2.85. The molecule has 4 saturated carbocycles. The number of Topliss-reactive ketones (excluding diaryl/α,β-unsaturated/α-hetero) is 2. The van der Waals surface area contributed by atoms with Crippen LogP contribution in [0.1, 0.15) is 6.42 Å². The highest BCUT2D eigenvalue weighted by Gasteiger charge is 2.74. The third-order valence-electron chi connectivity index (χ3n) is 5.16. The minimum atomic E-state index is 0.0284. The van der Waals surface area contributed by atoms with Crippen LogP contribution < -0.4 is 0 Å². The van der Waals surface area contributed by atoms with Crippen molar-refractivity contribution in [1.29, 1.82) is 0 Å². The first-order chi connectivity index (χ1) is 7.13. The van der Waals surface area contributed by atoms with E-state index in [4.69, 9.17) is 0 Å². The van der Waals surface area contributed by atoms with E-state index in [1.807, 2.05) is 0 Å². The van der Waals surface area contributed by atoms with E-state index in [1.165, 1.54) is 0 Å². The van der Waals surface area contributed by atoms with Crippen molar-refractivity contribution in [2.45, 2.75) is 16.1 Å². The van der Waals surface area contributed by atoms with Crippen molar-refractivity contribution in [2.24, 2.45) is 35.5 Å². The van der Waals surface area contributed by atoms with Crippen LogP contribution in [0.15, 0.2) is 0 Å². The Hall–Kier alpha value is 0.300. The van der Waals surface area contributed by atoms with Crippen molar-refractivity contribution in [3.63, 3.8) is 0 Å². The van der Waals surface area contributed by atoms with Gasteiger partial charge >= 0.3 is 0 Å². The summed E-state index contributed by atoms with van der Waals surface area (Å²) in [4.78, 5) is 24.2. The average molecular weight is 334 g/mol. The Morgan fingerprint density at radius 1 is 0.867 bits per heavy atom. The van der Waals surface area contributed by atoms with E-state index in [0.29, 0.717) is 35.2 Å². The van der Waals surface area contributed by atoms with Crippen LogP contribution in [0.2, 0.25) is 0 Å². The fraction of sp³-hybridized carbons (Fsp3) is 0.818. The summed E-state index contributed by atoms with van der Waals surface area (Å²) >= 11 is 7.09. The SMILES string of the molecule is O=C1C2C3CC4C2C(=O)[C@H](Br)C4C3[C@H]1Br. The quantitative estimate of drug-likeness (QED) is 0.633. The molecule has 4 aliphatic carbocycles. The van der Waals surface area contributed by atoms with Crippen LogP contribution in [0, 0.1) is 35.5 Å². The zero-order valence-corrected chi connectivity index (χ0v) is 11.1. The first kappa shape index (κ1) is 9.34. The molecule has 0 heterocycles. The van der Waals surface area contributed by atoms with Gasteiger partial charge in [-0.15, -0.1) is 0 Å². The Balaban J connectivity index is 1.93. The molecule has 8 atom stereocenters. The van der Waals surface area contributed by atoms with Crippen LogP contribution in [0.25, 0.3) is 0 Å². The molecule has 0 radical (unpaired) electrons. The summed E-state index contributed by atoms with van der Waals surface area (Å²) in [5.74, 6) is 2.63. The van der Waals surface area contributed by atoms with Crippen molar-refractivity contribution < 1.29 is 9.59 Å². The molecule has 0 aliphatic heterocycles. The monoisotopic (exact) mass is 332 g/mol. The molecule has 0 N–H and O–H groups in total. The smallest absolute Gasteiger partial charge is 0.150 e. The molecule has 0 aromatic carbocycles. The van der Waals surface area contributed by atoms with Gasteiger partial charge in [0, 0.05) is 11.8 Å². The van der Waals surface area contributed by atoms with E-state index in [0.717, 1.165) is 6.42 Å². The number of carbonyl (C=O) groups excluding carboxylic acids is 2. The summed E-state index contributed by atoms with van der Waals surface area (Å²) < 4.78 is 0. The first-order valence-corrected chi connectivity index (χ1v) is 7.31. The number of hydrogen-bond acceptors (Lipinski definition) is 2. The Morgan fingerprint density at radius 2 is 1.27 bits per heavy atom. The Morgan fingerprint density at radius 3 is 1.67 bits per heavy atom. The van der Waals surface area contributed by atoms with E-state index in [2.05, 4.69) is 31.9 Å². The van der Waals surface area contributed by atoms with E-state index in [-0.39, 0.29) is 21.5 Å². The molecule has 0 amide bonds. The van der Waals surface area contributed by atoms with Gasteiger partial charge in [0.1, 0.15) is 0 Å². The zero-order chi connectivity index (χ0) is 10.5. The van der Waals surface area contributed by atoms with Crippen LogP contribution >= 0.6 is 31.9 Å². The molecule has 4 rings (SSSR count). The molecule has 2 bridgehead atoms. The van der Waals surface area contributed by atoms with E-state index < -0.39 is 0 Å². The molecular formula is C11H10Br2O2. The van der Waals surface area contributed by atoms with E-state index >= 15 is 0 Å². The maximum absolute atomic E-state index is 12.1. The molecule has 0 aromatic heterocycles. The summed E-state index contributed by atoms with van der Waals surface area (Å²) in [6, 6.07) is 0. The Bertz CT molecular complexity index is 358. The fourth-order valence-corrected chi connectivity index (χ4v) is 6.95. The molecule has 15 heavy (non-hydrogen) atoms. The Kier molecular flexibility index (Phi) is 1.61. The topological polar surface area (TPSA) is 34.1 Å². The number of alkyl halides is 2. The fourth-order valence-electron chi connectivity index (χ4n) is 4.85. The number of halogens is 2. The second kappa shape index (κ2) is 2.58. The summed E-state index contributed by atoms with van der Waals surface area (Å²) in [6.45, 7) is 0. The molecule has 2 nitrogen and oxygen atoms in total. The zero-order valence-electron chi connectivity index (χ0n) is 7.90. The van der Waals surface area contributed by atoms with Crippen LogP contribution in [-0.2, 0) is 9.59 Å². The van der Waals surface area contributed by atoms with E-state index in [9.17, 15) is 9.59 Å². The number of ketones is 2. The number of hydrogen-bond donors (Lipinski definition) is 0. The molecule has 4 fully saturated rings. The summed E-state index contributed by atoms with van der Waals surface area (Å²) in [7, 11) is 0. The normalized spacial score (nSPS) is 64.7.